The summed E-state index contributed by atoms with van der Waals surface area (Å²) >= 11 is 0. The fraction of sp³-hybridized carbons (Fsp3) is 0.233. The summed E-state index contributed by atoms with van der Waals surface area (Å²) in [6.07, 6.45) is 3.01. The quantitative estimate of drug-likeness (QED) is 0.252. The average molecular weight is 450 g/mol. The van der Waals surface area contributed by atoms with Crippen LogP contribution in [0.1, 0.15) is 29.5 Å². The molecule has 4 nitrogen and oxygen atoms in total. The lowest BCUT2D eigenvalue weighted by Gasteiger charge is -2.23. The van der Waals surface area contributed by atoms with Crippen LogP contribution in [0, 0.1) is 13.8 Å². The highest BCUT2D eigenvalue weighted by Crippen LogP contribution is 2.24. The van der Waals surface area contributed by atoms with Crippen molar-refractivity contribution in [1.82, 2.24) is 9.55 Å². The van der Waals surface area contributed by atoms with Crippen LogP contribution in [0.5, 0.6) is 0 Å². The Morgan fingerprint density at radius 2 is 1.71 bits per heavy atom. The van der Waals surface area contributed by atoms with E-state index in [1.54, 1.807) is 0 Å². The standard InChI is InChI=1S/C30H31N3O/c1-4-32(27-14-10-22(2)11-15-27)21-24-12-13-25-16-18-33(29(25)20-24)19-17-28-23(3)34-30(31-28)26-8-6-5-7-9-26/h5-16,18,20H,4,17,19,21H2,1-3H3. The monoisotopic (exact) mass is 449 g/mol. The molecule has 0 radical (unpaired) electrons. The topological polar surface area (TPSA) is 34.2 Å². The maximum absolute atomic E-state index is 5.96. The number of aromatic nitrogens is 2. The number of oxazole rings is 1. The summed E-state index contributed by atoms with van der Waals surface area (Å²) in [6.45, 7) is 9.08. The molecule has 0 aliphatic carbocycles. The van der Waals surface area contributed by atoms with Gasteiger partial charge in [0.25, 0.3) is 0 Å². The van der Waals surface area contributed by atoms with Crippen LogP contribution in [-0.2, 0) is 19.5 Å². The van der Waals surface area contributed by atoms with Crippen molar-refractivity contribution in [3.8, 4) is 11.5 Å². The Balaban J connectivity index is 1.33. The van der Waals surface area contributed by atoms with E-state index in [1.807, 2.05) is 37.3 Å². The van der Waals surface area contributed by atoms with Crippen molar-refractivity contribution in [2.24, 2.45) is 0 Å². The van der Waals surface area contributed by atoms with E-state index in [1.165, 1.54) is 27.7 Å². The first-order chi connectivity index (χ1) is 16.6. The zero-order chi connectivity index (χ0) is 23.5. The molecule has 2 heterocycles. The van der Waals surface area contributed by atoms with E-state index in [-0.39, 0.29) is 0 Å². The minimum atomic E-state index is 0.698. The van der Waals surface area contributed by atoms with Gasteiger partial charge < -0.3 is 13.9 Å². The Morgan fingerprint density at radius 1 is 0.912 bits per heavy atom. The van der Waals surface area contributed by atoms with E-state index in [2.05, 4.69) is 78.0 Å². The largest absolute Gasteiger partial charge is 0.441 e. The van der Waals surface area contributed by atoms with Crippen molar-refractivity contribution in [1.29, 1.82) is 0 Å². The van der Waals surface area contributed by atoms with Crippen LogP contribution in [0.2, 0.25) is 0 Å². The molecule has 0 unspecified atom stereocenters. The summed E-state index contributed by atoms with van der Waals surface area (Å²) in [4.78, 5) is 7.20. The first-order valence-corrected chi connectivity index (χ1v) is 12.0. The Morgan fingerprint density at radius 3 is 2.47 bits per heavy atom. The molecule has 0 bridgehead atoms. The van der Waals surface area contributed by atoms with E-state index in [0.717, 1.165) is 43.1 Å². The van der Waals surface area contributed by atoms with Gasteiger partial charge in [-0.2, -0.15) is 0 Å². The van der Waals surface area contributed by atoms with Crippen LogP contribution in [0.25, 0.3) is 22.4 Å². The number of nitrogens with zero attached hydrogens (tertiary/aromatic N) is 3. The molecule has 34 heavy (non-hydrogen) atoms. The lowest BCUT2D eigenvalue weighted by atomic mass is 10.1. The number of hydrogen-bond acceptors (Lipinski definition) is 3. The second-order valence-corrected chi connectivity index (χ2v) is 8.89. The third-order valence-corrected chi connectivity index (χ3v) is 6.50. The van der Waals surface area contributed by atoms with E-state index in [0.29, 0.717) is 5.89 Å². The number of hydrogen-bond donors (Lipinski definition) is 0. The lowest BCUT2D eigenvalue weighted by molar-refractivity contribution is 0.537. The van der Waals surface area contributed by atoms with Gasteiger partial charge >= 0.3 is 0 Å². The summed E-state index contributed by atoms with van der Waals surface area (Å²) in [5.41, 5.74) is 7.17. The van der Waals surface area contributed by atoms with Crippen LogP contribution in [0.3, 0.4) is 0 Å². The SMILES string of the molecule is CCN(Cc1ccc2ccn(CCc3nc(-c4ccccc4)oc3C)c2c1)c1ccc(C)cc1. The molecule has 172 valence electrons. The molecule has 0 atom stereocenters. The lowest BCUT2D eigenvalue weighted by Crippen LogP contribution is -2.21. The predicted octanol–water partition coefficient (Wildman–Crippen LogP) is 7.18. The molecule has 0 spiro atoms. The Labute approximate surface area is 201 Å². The highest BCUT2D eigenvalue weighted by atomic mass is 16.4. The molecule has 5 rings (SSSR count). The van der Waals surface area contributed by atoms with Crippen molar-refractivity contribution in [3.63, 3.8) is 0 Å². The van der Waals surface area contributed by atoms with E-state index in [4.69, 9.17) is 9.40 Å². The van der Waals surface area contributed by atoms with Crippen LogP contribution in [0.4, 0.5) is 5.69 Å². The fourth-order valence-electron chi connectivity index (χ4n) is 4.47. The van der Waals surface area contributed by atoms with Gasteiger partial charge in [0.2, 0.25) is 5.89 Å². The van der Waals surface area contributed by atoms with E-state index in [9.17, 15) is 0 Å². The molecule has 5 aromatic rings. The van der Waals surface area contributed by atoms with Crippen molar-refractivity contribution in [2.45, 2.75) is 40.3 Å². The number of anilines is 1. The van der Waals surface area contributed by atoms with Gasteiger partial charge in [-0.15, -0.1) is 0 Å². The van der Waals surface area contributed by atoms with Gasteiger partial charge in [-0.25, -0.2) is 4.98 Å². The molecule has 0 aliphatic rings. The highest BCUT2D eigenvalue weighted by molar-refractivity contribution is 5.81. The number of aryl methyl sites for hydroxylation is 4. The van der Waals surface area contributed by atoms with E-state index >= 15 is 0 Å². The summed E-state index contributed by atoms with van der Waals surface area (Å²) < 4.78 is 8.29. The smallest absolute Gasteiger partial charge is 0.226 e. The second-order valence-electron chi connectivity index (χ2n) is 8.89. The minimum Gasteiger partial charge on any atom is -0.441 e. The molecule has 0 amide bonds. The van der Waals surface area contributed by atoms with Crippen LogP contribution in [0.15, 0.2) is 89.5 Å². The maximum Gasteiger partial charge on any atom is 0.226 e. The predicted molar refractivity (Wildman–Crippen MR) is 140 cm³/mol. The molecular weight excluding hydrogens is 418 g/mol. The third kappa shape index (κ3) is 4.62. The van der Waals surface area contributed by atoms with Gasteiger partial charge in [-0.3, -0.25) is 0 Å². The molecule has 2 aromatic heterocycles. The zero-order valence-electron chi connectivity index (χ0n) is 20.2. The van der Waals surface area contributed by atoms with Crippen LogP contribution in [-0.4, -0.2) is 16.1 Å². The maximum atomic E-state index is 5.96. The molecule has 0 aliphatic heterocycles. The van der Waals surface area contributed by atoms with Gasteiger partial charge in [0.1, 0.15) is 5.76 Å². The molecule has 0 N–H and O–H groups in total. The van der Waals surface area contributed by atoms with Crippen molar-refractivity contribution < 1.29 is 4.42 Å². The number of fused-ring (bicyclic) bond motifs is 1. The third-order valence-electron chi connectivity index (χ3n) is 6.50. The number of benzene rings is 3. The van der Waals surface area contributed by atoms with E-state index < -0.39 is 0 Å². The molecule has 0 saturated heterocycles. The van der Waals surface area contributed by atoms with Gasteiger partial charge in [-0.1, -0.05) is 48.0 Å². The Hall–Kier alpha value is -3.79. The van der Waals surface area contributed by atoms with Gasteiger partial charge in [-0.05, 0) is 68.1 Å². The summed E-state index contributed by atoms with van der Waals surface area (Å²) in [5, 5.41) is 1.27. The second kappa shape index (κ2) is 9.60. The zero-order valence-corrected chi connectivity index (χ0v) is 20.2. The van der Waals surface area contributed by atoms with Crippen molar-refractivity contribution >= 4 is 16.6 Å². The van der Waals surface area contributed by atoms with Crippen LogP contribution >= 0.6 is 0 Å². The highest BCUT2D eigenvalue weighted by Gasteiger charge is 2.12. The average Bonchev–Trinajstić information content (AvgIpc) is 3.45. The number of rotatable bonds is 8. The molecule has 0 saturated carbocycles. The normalized spacial score (nSPS) is 11.3. The minimum absolute atomic E-state index is 0.698. The van der Waals surface area contributed by atoms with Crippen LogP contribution < -0.4 is 4.90 Å². The van der Waals surface area contributed by atoms with Crippen molar-refractivity contribution in [3.05, 3.63) is 108 Å². The Kier molecular flexibility index (Phi) is 6.22. The van der Waals surface area contributed by atoms with Gasteiger partial charge in [0.15, 0.2) is 0 Å². The molecule has 0 fully saturated rings. The van der Waals surface area contributed by atoms with Crippen molar-refractivity contribution in [2.75, 3.05) is 11.4 Å². The molecule has 3 aromatic carbocycles. The summed E-state index contributed by atoms with van der Waals surface area (Å²) in [6, 6.07) is 27.9. The molecular formula is C30H31N3O. The fourth-order valence-corrected chi connectivity index (χ4v) is 4.47. The van der Waals surface area contributed by atoms with Gasteiger partial charge in [0, 0.05) is 49.0 Å². The molecule has 4 heteroatoms. The first kappa shape index (κ1) is 22.0. The Bertz CT molecular complexity index is 1380. The summed E-state index contributed by atoms with van der Waals surface area (Å²) in [5.74, 6) is 1.59. The van der Waals surface area contributed by atoms with Gasteiger partial charge in [0.05, 0.1) is 5.69 Å². The first-order valence-electron chi connectivity index (χ1n) is 12.0. The summed E-state index contributed by atoms with van der Waals surface area (Å²) in [7, 11) is 0.